The summed E-state index contributed by atoms with van der Waals surface area (Å²) in [5.74, 6) is -0.411. The molecular weight excluding hydrogens is 176 g/mol. The van der Waals surface area contributed by atoms with Gasteiger partial charge >= 0.3 is 5.97 Å². The molecule has 70 valence electrons. The highest BCUT2D eigenvalue weighted by atomic mass is 35.5. The summed E-state index contributed by atoms with van der Waals surface area (Å²) in [6, 6.07) is 0. The van der Waals surface area contributed by atoms with Crippen LogP contribution in [0, 0.1) is 0 Å². The molecule has 0 aromatic rings. The van der Waals surface area contributed by atoms with Crippen LogP contribution in [0.15, 0.2) is 12.2 Å². The van der Waals surface area contributed by atoms with Crippen LogP contribution in [0.3, 0.4) is 0 Å². The first kappa shape index (κ1) is 11.5. The molecule has 12 heavy (non-hydrogen) atoms. The Kier molecular flexibility index (Phi) is 5.81. The second-order valence-electron chi connectivity index (χ2n) is 2.63. The largest absolute Gasteiger partial charge is 0.466 e. The second kappa shape index (κ2) is 6.06. The smallest absolute Gasteiger partial charge is 0.334 e. The van der Waals surface area contributed by atoms with E-state index in [1.54, 1.807) is 0 Å². The van der Waals surface area contributed by atoms with Gasteiger partial charge in [-0.3, -0.25) is 0 Å². The summed E-state index contributed by atoms with van der Waals surface area (Å²) in [5, 5.41) is -0.280. The van der Waals surface area contributed by atoms with E-state index in [9.17, 15) is 4.79 Å². The second-order valence-corrected chi connectivity index (χ2v) is 3.15. The third-order valence-electron chi connectivity index (χ3n) is 1.64. The fourth-order valence-corrected chi connectivity index (χ4v) is 1.06. The number of halogens is 1. The molecule has 0 radical (unpaired) electrons. The van der Waals surface area contributed by atoms with E-state index in [4.69, 9.17) is 11.6 Å². The van der Waals surface area contributed by atoms with E-state index in [0.717, 1.165) is 19.3 Å². The molecule has 0 aromatic heterocycles. The Balaban J connectivity index is 3.84. The number of ether oxygens (including phenoxy) is 1. The van der Waals surface area contributed by atoms with E-state index in [2.05, 4.69) is 18.2 Å². The molecule has 0 aliphatic rings. The molecule has 0 bridgehead atoms. The Morgan fingerprint density at radius 2 is 2.25 bits per heavy atom. The highest BCUT2D eigenvalue weighted by Gasteiger charge is 2.15. The number of methoxy groups -OCH3 is 1. The highest BCUT2D eigenvalue weighted by molar-refractivity contribution is 6.25. The number of carbonyl (C=O) groups excluding carboxylic acids is 1. The van der Waals surface area contributed by atoms with Crippen molar-refractivity contribution in [2.24, 2.45) is 0 Å². The van der Waals surface area contributed by atoms with E-state index >= 15 is 0 Å². The molecule has 1 unspecified atom stereocenters. The first-order valence-corrected chi connectivity index (χ1v) is 4.48. The summed E-state index contributed by atoms with van der Waals surface area (Å²) < 4.78 is 4.49. The van der Waals surface area contributed by atoms with Gasteiger partial charge in [-0.1, -0.05) is 26.3 Å². The molecule has 2 nitrogen and oxygen atoms in total. The van der Waals surface area contributed by atoms with E-state index in [1.165, 1.54) is 7.11 Å². The third-order valence-corrected chi connectivity index (χ3v) is 2.12. The molecule has 0 aromatic carbocycles. The lowest BCUT2D eigenvalue weighted by molar-refractivity contribution is -0.136. The zero-order valence-corrected chi connectivity index (χ0v) is 8.36. The normalized spacial score (nSPS) is 12.2. The number of unbranched alkanes of at least 4 members (excludes halogenated alkanes) is 1. The molecule has 0 spiro atoms. The summed E-state index contributed by atoms with van der Waals surface area (Å²) in [6.07, 6.45) is 2.86. The van der Waals surface area contributed by atoms with Crippen LogP contribution in [0.5, 0.6) is 0 Å². The van der Waals surface area contributed by atoms with Gasteiger partial charge in [-0.2, -0.15) is 0 Å². The maximum atomic E-state index is 10.9. The molecule has 0 amide bonds. The zero-order valence-electron chi connectivity index (χ0n) is 7.60. The maximum absolute atomic E-state index is 10.9. The van der Waals surface area contributed by atoms with Crippen molar-refractivity contribution in [2.45, 2.75) is 31.6 Å². The Bertz CT molecular complexity index is 166. The predicted octanol–water partition coefficient (Wildman–Crippen LogP) is 2.51. The number of rotatable bonds is 5. The van der Waals surface area contributed by atoms with E-state index in [1.807, 2.05) is 0 Å². The number of esters is 1. The Morgan fingerprint density at radius 3 is 2.67 bits per heavy atom. The average Bonchev–Trinajstić information content (AvgIpc) is 2.11. The minimum Gasteiger partial charge on any atom is -0.466 e. The van der Waals surface area contributed by atoms with Gasteiger partial charge in [-0.25, -0.2) is 4.79 Å². The van der Waals surface area contributed by atoms with Crippen molar-refractivity contribution in [1.29, 1.82) is 0 Å². The highest BCUT2D eigenvalue weighted by Crippen LogP contribution is 2.16. The van der Waals surface area contributed by atoms with Crippen LogP contribution in [0.25, 0.3) is 0 Å². The van der Waals surface area contributed by atoms with Crippen LogP contribution in [0.4, 0.5) is 0 Å². The minimum absolute atomic E-state index is 0.280. The lowest BCUT2D eigenvalue weighted by Crippen LogP contribution is -2.13. The van der Waals surface area contributed by atoms with Crippen molar-refractivity contribution in [3.63, 3.8) is 0 Å². The molecule has 0 rings (SSSR count). The van der Waals surface area contributed by atoms with Crippen LogP contribution < -0.4 is 0 Å². The Hall–Kier alpha value is -0.500. The fourth-order valence-electron chi connectivity index (χ4n) is 0.817. The Labute approximate surface area is 78.5 Å². The summed E-state index contributed by atoms with van der Waals surface area (Å²) in [6.45, 7) is 5.65. The summed E-state index contributed by atoms with van der Waals surface area (Å²) in [7, 11) is 1.33. The van der Waals surface area contributed by atoms with Gasteiger partial charge in [-0.05, 0) is 6.42 Å². The zero-order chi connectivity index (χ0) is 9.56. The minimum atomic E-state index is -0.411. The molecule has 0 saturated carbocycles. The van der Waals surface area contributed by atoms with Crippen molar-refractivity contribution in [1.82, 2.24) is 0 Å². The van der Waals surface area contributed by atoms with Crippen LogP contribution in [-0.4, -0.2) is 18.5 Å². The molecule has 0 aliphatic heterocycles. The van der Waals surface area contributed by atoms with Crippen molar-refractivity contribution in [2.75, 3.05) is 7.11 Å². The molecule has 0 saturated heterocycles. The van der Waals surface area contributed by atoms with Gasteiger partial charge in [0.2, 0.25) is 0 Å². The van der Waals surface area contributed by atoms with Gasteiger partial charge in [-0.15, -0.1) is 11.6 Å². The molecule has 0 N–H and O–H groups in total. The van der Waals surface area contributed by atoms with E-state index < -0.39 is 5.97 Å². The summed E-state index contributed by atoms with van der Waals surface area (Å²) in [4.78, 5) is 10.9. The fraction of sp³-hybridized carbons (Fsp3) is 0.667. The van der Waals surface area contributed by atoms with Crippen LogP contribution >= 0.6 is 11.6 Å². The van der Waals surface area contributed by atoms with Gasteiger partial charge in [0.15, 0.2) is 0 Å². The Morgan fingerprint density at radius 1 is 1.67 bits per heavy atom. The topological polar surface area (TPSA) is 26.3 Å². The molecule has 0 fully saturated rings. The van der Waals surface area contributed by atoms with E-state index in [-0.39, 0.29) is 5.38 Å². The summed E-state index contributed by atoms with van der Waals surface area (Å²) >= 11 is 5.88. The van der Waals surface area contributed by atoms with Gasteiger partial charge in [0.25, 0.3) is 0 Å². The number of hydrogen-bond donors (Lipinski definition) is 0. The standard InChI is InChI=1S/C9H15ClO2/c1-4-5-6-8(10)7(2)9(11)12-3/h8H,2,4-6H2,1,3H3. The molecule has 0 heterocycles. The van der Waals surface area contributed by atoms with Crippen molar-refractivity contribution in [3.05, 3.63) is 12.2 Å². The average molecular weight is 191 g/mol. The SMILES string of the molecule is C=C(C(=O)OC)C(Cl)CCCC. The molecule has 1 atom stereocenters. The van der Waals surface area contributed by atoms with Crippen molar-refractivity contribution < 1.29 is 9.53 Å². The van der Waals surface area contributed by atoms with Crippen molar-refractivity contribution in [3.8, 4) is 0 Å². The lowest BCUT2D eigenvalue weighted by Gasteiger charge is -2.09. The van der Waals surface area contributed by atoms with Crippen molar-refractivity contribution >= 4 is 17.6 Å². The van der Waals surface area contributed by atoms with Crippen LogP contribution in [0.2, 0.25) is 0 Å². The molecule has 0 aliphatic carbocycles. The first-order chi connectivity index (χ1) is 5.63. The van der Waals surface area contributed by atoms with Gasteiger partial charge < -0.3 is 4.74 Å². The van der Waals surface area contributed by atoms with Gasteiger partial charge in [0.05, 0.1) is 12.5 Å². The number of hydrogen-bond acceptors (Lipinski definition) is 2. The molecule has 3 heteroatoms. The van der Waals surface area contributed by atoms with Crippen LogP contribution in [0.1, 0.15) is 26.2 Å². The van der Waals surface area contributed by atoms with E-state index in [0.29, 0.717) is 5.57 Å². The summed E-state index contributed by atoms with van der Waals surface area (Å²) in [5.41, 5.74) is 0.354. The third kappa shape index (κ3) is 3.77. The lowest BCUT2D eigenvalue weighted by atomic mass is 10.1. The van der Waals surface area contributed by atoms with Gasteiger partial charge in [0, 0.05) is 5.57 Å². The maximum Gasteiger partial charge on any atom is 0.334 e. The molecular formula is C9H15ClO2. The van der Waals surface area contributed by atoms with Gasteiger partial charge in [0.1, 0.15) is 0 Å². The quantitative estimate of drug-likeness (QED) is 0.378. The predicted molar refractivity (Wildman–Crippen MR) is 50.3 cm³/mol. The number of carbonyl (C=O) groups is 1. The monoisotopic (exact) mass is 190 g/mol. The van der Waals surface area contributed by atoms with Crippen LogP contribution in [-0.2, 0) is 9.53 Å². The number of alkyl halides is 1. The first-order valence-electron chi connectivity index (χ1n) is 4.04.